The highest BCUT2D eigenvalue weighted by atomic mass is 32.2. The van der Waals surface area contributed by atoms with Crippen LogP contribution in [0.2, 0.25) is 0 Å². The second-order valence-electron chi connectivity index (χ2n) is 7.74. The summed E-state index contributed by atoms with van der Waals surface area (Å²) in [5, 5.41) is 4.27. The molecular weight excluding hydrogens is 490 g/mol. The lowest BCUT2D eigenvalue weighted by molar-refractivity contribution is 0.0602. The Morgan fingerprint density at radius 1 is 1.03 bits per heavy atom. The molecule has 0 spiro atoms. The van der Waals surface area contributed by atoms with Crippen LogP contribution < -0.4 is 5.32 Å². The van der Waals surface area contributed by atoms with Gasteiger partial charge in [-0.05, 0) is 36.0 Å². The first-order valence-electron chi connectivity index (χ1n) is 10.7. The molecule has 2 heterocycles. The van der Waals surface area contributed by atoms with Crippen molar-refractivity contribution in [1.82, 2.24) is 9.21 Å². The van der Waals surface area contributed by atoms with E-state index in [-0.39, 0.29) is 4.90 Å². The highest BCUT2D eigenvalue weighted by Crippen LogP contribution is 2.31. The minimum Gasteiger partial charge on any atom is -0.465 e. The molecule has 1 aromatic heterocycles. The summed E-state index contributed by atoms with van der Waals surface area (Å²) < 4.78 is 32.2. The standard InChI is InChI=1S/C24H25N3O4S3/c1-31-23(28)21-17-19(16-18-8-4-2-5-9-18)33-22(21)25-24(32)26-12-14-27(15-13-26)34(29,30)20-10-6-3-7-11-20/h2-11,17H,12-16H2,1H3,(H,25,32). The molecule has 7 nitrogen and oxygen atoms in total. The Labute approximate surface area is 209 Å². The largest absolute Gasteiger partial charge is 0.465 e. The molecule has 0 atom stereocenters. The Hall–Kier alpha value is -2.79. The highest BCUT2D eigenvalue weighted by Gasteiger charge is 2.29. The number of hydrogen-bond donors (Lipinski definition) is 1. The molecule has 178 valence electrons. The van der Waals surface area contributed by atoms with Crippen LogP contribution in [0, 0.1) is 0 Å². The Bertz CT molecular complexity index is 1250. The van der Waals surface area contributed by atoms with E-state index in [2.05, 4.69) is 5.32 Å². The average Bonchev–Trinajstić information content (AvgIpc) is 3.26. The summed E-state index contributed by atoms with van der Waals surface area (Å²) >= 11 is 7.06. The highest BCUT2D eigenvalue weighted by molar-refractivity contribution is 7.89. The van der Waals surface area contributed by atoms with Gasteiger partial charge in [0.2, 0.25) is 10.0 Å². The maximum Gasteiger partial charge on any atom is 0.340 e. The Kier molecular flexibility index (Phi) is 7.62. The molecule has 4 rings (SSSR count). The number of hydrogen-bond acceptors (Lipinski definition) is 6. The number of methoxy groups -OCH3 is 1. The zero-order valence-electron chi connectivity index (χ0n) is 18.6. The minimum atomic E-state index is -3.53. The summed E-state index contributed by atoms with van der Waals surface area (Å²) in [6.07, 6.45) is 0.694. The summed E-state index contributed by atoms with van der Waals surface area (Å²) in [6, 6.07) is 20.3. The van der Waals surface area contributed by atoms with Gasteiger partial charge in [0.05, 0.1) is 17.6 Å². The van der Waals surface area contributed by atoms with Gasteiger partial charge in [-0.3, -0.25) is 0 Å². The Morgan fingerprint density at radius 2 is 1.65 bits per heavy atom. The van der Waals surface area contributed by atoms with E-state index in [4.69, 9.17) is 17.0 Å². The summed E-state index contributed by atoms with van der Waals surface area (Å²) in [7, 11) is -2.18. The number of thiocarbonyl (C=S) groups is 1. The van der Waals surface area contributed by atoms with E-state index >= 15 is 0 Å². The monoisotopic (exact) mass is 515 g/mol. The first-order valence-corrected chi connectivity index (χ1v) is 13.4. The molecule has 2 aromatic carbocycles. The number of carbonyl (C=O) groups is 1. The van der Waals surface area contributed by atoms with Crippen LogP contribution in [0.3, 0.4) is 0 Å². The van der Waals surface area contributed by atoms with Crippen LogP contribution in [-0.4, -0.2) is 62.0 Å². The van der Waals surface area contributed by atoms with E-state index in [9.17, 15) is 13.2 Å². The van der Waals surface area contributed by atoms with E-state index < -0.39 is 16.0 Å². The van der Waals surface area contributed by atoms with Crippen LogP contribution >= 0.6 is 23.6 Å². The molecule has 0 bridgehead atoms. The Morgan fingerprint density at radius 3 is 2.26 bits per heavy atom. The summed E-state index contributed by atoms with van der Waals surface area (Å²) in [5.74, 6) is -0.431. The van der Waals surface area contributed by atoms with Crippen molar-refractivity contribution in [2.75, 3.05) is 38.6 Å². The molecule has 0 amide bonds. The maximum atomic E-state index is 12.9. The molecular formula is C24H25N3O4S3. The fourth-order valence-corrected chi connectivity index (χ4v) is 6.60. The summed E-state index contributed by atoms with van der Waals surface area (Å²) in [4.78, 5) is 15.6. The van der Waals surface area contributed by atoms with Crippen molar-refractivity contribution in [3.05, 3.63) is 82.7 Å². The van der Waals surface area contributed by atoms with Gasteiger partial charge in [-0.2, -0.15) is 4.31 Å². The van der Waals surface area contributed by atoms with E-state index in [1.165, 1.54) is 22.8 Å². The molecule has 1 fully saturated rings. The quantitative estimate of drug-likeness (QED) is 0.395. The number of nitrogens with one attached hydrogen (secondary N) is 1. The van der Waals surface area contributed by atoms with Gasteiger partial charge in [-0.15, -0.1) is 11.3 Å². The third-order valence-corrected chi connectivity index (χ3v) is 8.86. The predicted octanol–water partition coefficient (Wildman–Crippen LogP) is 3.83. The van der Waals surface area contributed by atoms with Crippen molar-refractivity contribution in [3.8, 4) is 0 Å². The summed E-state index contributed by atoms with van der Waals surface area (Å²) in [6.45, 7) is 1.56. The fourth-order valence-electron chi connectivity index (χ4n) is 3.73. The number of sulfonamides is 1. The molecule has 0 saturated carbocycles. The van der Waals surface area contributed by atoms with Gasteiger partial charge in [-0.25, -0.2) is 13.2 Å². The lowest BCUT2D eigenvalue weighted by Gasteiger charge is -2.35. The zero-order chi connectivity index (χ0) is 24.1. The number of benzene rings is 2. The van der Waals surface area contributed by atoms with Crippen LogP contribution in [0.1, 0.15) is 20.8 Å². The van der Waals surface area contributed by atoms with Gasteiger partial charge in [0.1, 0.15) is 5.00 Å². The van der Waals surface area contributed by atoms with Gasteiger partial charge in [0, 0.05) is 37.5 Å². The van der Waals surface area contributed by atoms with Crippen LogP contribution in [0.25, 0.3) is 0 Å². The van der Waals surface area contributed by atoms with Crippen LogP contribution in [0.5, 0.6) is 0 Å². The fraction of sp³-hybridized carbons (Fsp3) is 0.250. The molecule has 0 radical (unpaired) electrons. The average molecular weight is 516 g/mol. The first kappa shape index (κ1) is 24.3. The van der Waals surface area contributed by atoms with Crippen LogP contribution in [-0.2, 0) is 21.2 Å². The van der Waals surface area contributed by atoms with Gasteiger partial charge in [0.15, 0.2) is 5.11 Å². The first-order chi connectivity index (χ1) is 16.4. The molecule has 34 heavy (non-hydrogen) atoms. The van der Waals surface area contributed by atoms with Gasteiger partial charge >= 0.3 is 5.97 Å². The van der Waals surface area contributed by atoms with E-state index in [1.54, 1.807) is 30.3 Å². The molecule has 1 N–H and O–H groups in total. The van der Waals surface area contributed by atoms with Crippen molar-refractivity contribution < 1.29 is 17.9 Å². The number of esters is 1. The molecule has 0 aliphatic carbocycles. The van der Waals surface area contributed by atoms with Crippen LogP contribution in [0.4, 0.5) is 5.00 Å². The van der Waals surface area contributed by atoms with Gasteiger partial charge < -0.3 is 15.0 Å². The number of ether oxygens (including phenoxy) is 1. The van der Waals surface area contributed by atoms with Crippen LogP contribution in [0.15, 0.2) is 71.6 Å². The third-order valence-electron chi connectivity index (χ3n) is 5.54. The number of thiophene rings is 1. The zero-order valence-corrected chi connectivity index (χ0v) is 21.1. The van der Waals surface area contributed by atoms with Crippen molar-refractivity contribution in [1.29, 1.82) is 0 Å². The molecule has 3 aromatic rings. The molecule has 0 unspecified atom stereocenters. The predicted molar refractivity (Wildman–Crippen MR) is 138 cm³/mol. The smallest absolute Gasteiger partial charge is 0.340 e. The van der Waals surface area contributed by atoms with Crippen molar-refractivity contribution in [2.24, 2.45) is 0 Å². The topological polar surface area (TPSA) is 79.0 Å². The number of nitrogens with zero attached hydrogens (tertiary/aromatic N) is 2. The molecule has 1 saturated heterocycles. The molecule has 1 aliphatic rings. The second-order valence-corrected chi connectivity index (χ2v) is 11.2. The van der Waals surface area contributed by atoms with Gasteiger partial charge in [0.25, 0.3) is 0 Å². The SMILES string of the molecule is COC(=O)c1cc(Cc2ccccc2)sc1NC(=S)N1CCN(S(=O)(=O)c2ccccc2)CC1. The number of carbonyl (C=O) groups excluding carboxylic acids is 1. The summed E-state index contributed by atoms with van der Waals surface area (Å²) in [5.41, 5.74) is 1.58. The van der Waals surface area contributed by atoms with E-state index in [1.807, 2.05) is 41.3 Å². The Balaban J connectivity index is 1.43. The van der Waals surface area contributed by atoms with Crippen molar-refractivity contribution >= 4 is 49.7 Å². The normalized spacial score (nSPS) is 14.6. The third kappa shape index (κ3) is 5.47. The lowest BCUT2D eigenvalue weighted by atomic mass is 10.1. The number of anilines is 1. The number of piperazine rings is 1. The lowest BCUT2D eigenvalue weighted by Crippen LogP contribution is -2.51. The maximum absolute atomic E-state index is 12.9. The minimum absolute atomic E-state index is 0.288. The van der Waals surface area contributed by atoms with Crippen molar-refractivity contribution in [2.45, 2.75) is 11.3 Å². The van der Waals surface area contributed by atoms with E-state index in [0.717, 1.165) is 10.4 Å². The molecule has 10 heteroatoms. The number of rotatable bonds is 6. The second kappa shape index (κ2) is 10.6. The molecule has 1 aliphatic heterocycles. The van der Waals surface area contributed by atoms with Gasteiger partial charge in [-0.1, -0.05) is 48.5 Å². The van der Waals surface area contributed by atoms with E-state index in [0.29, 0.717) is 48.3 Å². The van der Waals surface area contributed by atoms with Crippen molar-refractivity contribution in [3.63, 3.8) is 0 Å².